The Morgan fingerprint density at radius 3 is 2.46 bits per heavy atom. The molecule has 288 valence electrons. The lowest BCUT2D eigenvalue weighted by Gasteiger charge is -2.31. The second kappa shape index (κ2) is 15.3. The minimum atomic E-state index is -3.40. The SMILES string of the molecule is C[C@@H]1[C@@H]([Si](C)(C)F)[C@H](CCn2cc(C(CO)c3ccccc3)nn2)O[C@@]12C(=O)N(Cc1cccc(N3N=C(c4ccccc4)CCC3=O)c1)c1ccc(Br)cc12. The molecule has 1 spiro atoms. The van der Waals surface area contributed by atoms with Gasteiger partial charge in [0.25, 0.3) is 5.91 Å². The Morgan fingerprint density at radius 2 is 1.73 bits per heavy atom. The number of aryl methyl sites for hydroxylation is 1. The molecule has 0 aliphatic carbocycles. The number of ether oxygens (including phenoxy) is 1. The summed E-state index contributed by atoms with van der Waals surface area (Å²) >= 11 is 3.63. The zero-order valence-electron chi connectivity index (χ0n) is 31.6. The number of aromatic nitrogens is 3. The van der Waals surface area contributed by atoms with Gasteiger partial charge in [0.1, 0.15) is 0 Å². The summed E-state index contributed by atoms with van der Waals surface area (Å²) in [4.78, 5) is 29.9. The molecule has 1 unspecified atom stereocenters. The van der Waals surface area contributed by atoms with Gasteiger partial charge in [-0.25, -0.2) is 5.01 Å². The first-order valence-corrected chi connectivity index (χ1v) is 22.8. The fourth-order valence-electron chi connectivity index (χ4n) is 8.90. The van der Waals surface area contributed by atoms with Crippen molar-refractivity contribution in [3.63, 3.8) is 0 Å². The molecule has 4 aromatic carbocycles. The van der Waals surface area contributed by atoms with Gasteiger partial charge in [-0.05, 0) is 66.5 Å². The van der Waals surface area contributed by atoms with Crippen LogP contribution < -0.4 is 9.91 Å². The molecular weight excluding hydrogens is 791 g/mol. The maximum absolute atomic E-state index is 16.5. The number of aliphatic hydroxyl groups is 1. The maximum Gasteiger partial charge on any atom is 0.264 e. The van der Waals surface area contributed by atoms with Crippen molar-refractivity contribution in [1.82, 2.24) is 15.0 Å². The van der Waals surface area contributed by atoms with Gasteiger partial charge in [0.2, 0.25) is 14.3 Å². The Balaban J connectivity index is 1.07. The number of fused-ring (bicyclic) bond motifs is 2. The molecule has 0 bridgehead atoms. The van der Waals surface area contributed by atoms with Crippen LogP contribution in [0.5, 0.6) is 0 Å². The highest BCUT2D eigenvalue weighted by Gasteiger charge is 2.66. The molecule has 0 radical (unpaired) electrons. The Kier molecular flexibility index (Phi) is 10.4. The van der Waals surface area contributed by atoms with Gasteiger partial charge in [0, 0.05) is 47.1 Å². The molecule has 3 aliphatic rings. The summed E-state index contributed by atoms with van der Waals surface area (Å²) in [6, 6.07) is 32.8. The van der Waals surface area contributed by atoms with Gasteiger partial charge in [0.05, 0.1) is 48.0 Å². The number of aliphatic hydroxyl groups excluding tert-OH is 1. The predicted octanol–water partition coefficient (Wildman–Crippen LogP) is 8.11. The number of hydrogen-bond donors (Lipinski definition) is 1. The van der Waals surface area contributed by atoms with E-state index in [4.69, 9.17) is 9.84 Å². The fourth-order valence-corrected chi connectivity index (χ4v) is 11.8. The lowest BCUT2D eigenvalue weighted by Crippen LogP contribution is -2.45. The van der Waals surface area contributed by atoms with E-state index in [2.05, 4.69) is 26.2 Å². The quantitative estimate of drug-likeness (QED) is 0.106. The van der Waals surface area contributed by atoms with E-state index in [0.29, 0.717) is 48.4 Å². The minimum Gasteiger partial charge on any atom is -0.395 e. The van der Waals surface area contributed by atoms with Gasteiger partial charge in [-0.15, -0.1) is 5.10 Å². The van der Waals surface area contributed by atoms with Crippen LogP contribution >= 0.6 is 15.9 Å². The molecule has 3 aliphatic heterocycles. The van der Waals surface area contributed by atoms with Crippen LogP contribution in [0.25, 0.3) is 0 Å². The molecule has 5 aromatic rings. The van der Waals surface area contributed by atoms with E-state index in [0.717, 1.165) is 26.9 Å². The zero-order valence-corrected chi connectivity index (χ0v) is 34.1. The number of amides is 2. The summed E-state index contributed by atoms with van der Waals surface area (Å²) < 4.78 is 26.0. The number of hydrazone groups is 1. The van der Waals surface area contributed by atoms with Crippen molar-refractivity contribution in [3.8, 4) is 0 Å². The third-order valence-corrected chi connectivity index (χ3v) is 14.4. The second-order valence-electron chi connectivity index (χ2n) is 15.5. The average molecular weight is 836 g/mol. The molecule has 13 heteroatoms. The number of benzene rings is 4. The molecule has 4 heterocycles. The van der Waals surface area contributed by atoms with Crippen LogP contribution in [0.3, 0.4) is 0 Å². The minimum absolute atomic E-state index is 0.0944. The molecule has 1 aromatic heterocycles. The van der Waals surface area contributed by atoms with Gasteiger partial charge in [0.15, 0.2) is 5.60 Å². The first kappa shape index (κ1) is 38.1. The highest BCUT2D eigenvalue weighted by molar-refractivity contribution is 9.10. The largest absolute Gasteiger partial charge is 0.395 e. The van der Waals surface area contributed by atoms with Gasteiger partial charge in [-0.1, -0.05) is 101 Å². The Labute approximate surface area is 335 Å². The number of nitrogens with zero attached hydrogens (tertiary/aromatic N) is 6. The summed E-state index contributed by atoms with van der Waals surface area (Å²) in [6.07, 6.45) is 2.58. The highest BCUT2D eigenvalue weighted by Crippen LogP contribution is 2.60. The molecule has 0 saturated carbocycles. The first-order chi connectivity index (χ1) is 27.0. The van der Waals surface area contributed by atoms with E-state index in [1.165, 1.54) is 5.01 Å². The van der Waals surface area contributed by atoms with Crippen molar-refractivity contribution in [3.05, 3.63) is 142 Å². The van der Waals surface area contributed by atoms with E-state index < -0.39 is 31.6 Å². The highest BCUT2D eigenvalue weighted by atomic mass is 79.9. The van der Waals surface area contributed by atoms with Crippen LogP contribution in [-0.4, -0.2) is 58.7 Å². The van der Waals surface area contributed by atoms with E-state index in [1.54, 1.807) is 22.7 Å². The van der Waals surface area contributed by atoms with Gasteiger partial charge >= 0.3 is 0 Å². The van der Waals surface area contributed by atoms with E-state index in [1.807, 2.05) is 116 Å². The molecule has 1 N–H and O–H groups in total. The fraction of sp³-hybridized carbons (Fsp3) is 0.326. The van der Waals surface area contributed by atoms with Crippen molar-refractivity contribution in [2.45, 2.75) is 75.5 Å². The van der Waals surface area contributed by atoms with Crippen molar-refractivity contribution in [2.24, 2.45) is 11.0 Å². The zero-order chi connectivity index (χ0) is 39.2. The lowest BCUT2D eigenvalue weighted by molar-refractivity contribution is -0.146. The molecular formula is C43H44BrFN6O4Si. The van der Waals surface area contributed by atoms with E-state index in [9.17, 15) is 9.90 Å². The van der Waals surface area contributed by atoms with Crippen LogP contribution in [0.2, 0.25) is 18.6 Å². The van der Waals surface area contributed by atoms with Crippen LogP contribution in [-0.2, 0) is 33.0 Å². The molecule has 10 nitrogen and oxygen atoms in total. The number of carbonyl (C=O) groups is 2. The number of carbonyl (C=O) groups excluding carboxylic acids is 2. The van der Waals surface area contributed by atoms with Crippen molar-refractivity contribution in [2.75, 3.05) is 16.5 Å². The van der Waals surface area contributed by atoms with E-state index in [-0.39, 0.29) is 30.9 Å². The molecule has 8 rings (SSSR count). The molecule has 1 saturated heterocycles. The molecule has 5 atom stereocenters. The maximum atomic E-state index is 16.5. The van der Waals surface area contributed by atoms with Crippen molar-refractivity contribution < 1.29 is 23.5 Å². The summed E-state index contributed by atoms with van der Waals surface area (Å²) in [7, 11) is -3.40. The Bertz CT molecular complexity index is 2280. The van der Waals surface area contributed by atoms with Crippen molar-refractivity contribution in [1.29, 1.82) is 0 Å². The van der Waals surface area contributed by atoms with Crippen LogP contribution in [0.4, 0.5) is 15.5 Å². The predicted molar refractivity (Wildman–Crippen MR) is 220 cm³/mol. The Morgan fingerprint density at radius 1 is 0.982 bits per heavy atom. The van der Waals surface area contributed by atoms with Crippen molar-refractivity contribution >= 4 is 53.2 Å². The third-order valence-electron chi connectivity index (χ3n) is 11.5. The summed E-state index contributed by atoms with van der Waals surface area (Å²) in [5, 5.41) is 25.1. The third kappa shape index (κ3) is 6.95. The topological polar surface area (TPSA) is 113 Å². The number of anilines is 2. The number of halogens is 2. The lowest BCUT2D eigenvalue weighted by atomic mass is 9.82. The number of rotatable bonds is 11. The summed E-state index contributed by atoms with van der Waals surface area (Å²) in [6.45, 7) is 5.85. The van der Waals surface area contributed by atoms with Crippen LogP contribution in [0.15, 0.2) is 119 Å². The average Bonchev–Trinajstić information content (AvgIpc) is 3.85. The summed E-state index contributed by atoms with van der Waals surface area (Å²) in [5.74, 6) is -1.11. The molecule has 1 fully saturated rings. The van der Waals surface area contributed by atoms with Crippen LogP contribution in [0.1, 0.15) is 60.1 Å². The standard InChI is InChI=1S/C43H44BrFN6O4Si/c1-28-41(56(2,3)45)39(21-22-49-26-37(46-48-49)34(27-52)30-12-6-4-7-13-30)55-43(28)35-24-32(44)17-19-38(35)50(42(43)54)25-29-11-10-16-33(23-29)51-40(53)20-18-36(47-51)31-14-8-5-9-15-31/h4-17,19,23-24,26,28,34,39,41,52H,18,20-22,25,27H2,1-3H3/t28-,34?,39+,41-,43+/m1/s1. The molecule has 56 heavy (non-hydrogen) atoms. The second-order valence-corrected chi connectivity index (χ2v) is 20.2. The Hall–Kier alpha value is -4.82. The van der Waals surface area contributed by atoms with Gasteiger partial charge < -0.3 is 18.9 Å². The van der Waals surface area contributed by atoms with Gasteiger partial charge in [-0.3, -0.25) is 14.3 Å². The van der Waals surface area contributed by atoms with E-state index >= 15 is 8.90 Å². The van der Waals surface area contributed by atoms with Gasteiger partial charge in [-0.2, -0.15) is 5.10 Å². The molecule has 2 amide bonds. The number of hydrogen-bond acceptors (Lipinski definition) is 7. The smallest absolute Gasteiger partial charge is 0.264 e. The monoisotopic (exact) mass is 834 g/mol. The first-order valence-electron chi connectivity index (χ1n) is 19.1. The summed E-state index contributed by atoms with van der Waals surface area (Å²) in [5.41, 5.74) is 4.38. The normalized spacial score (nSPS) is 22.8. The van der Waals surface area contributed by atoms with Crippen LogP contribution in [0, 0.1) is 5.92 Å².